The van der Waals surface area contributed by atoms with Gasteiger partial charge in [0, 0.05) is 30.8 Å². The Balaban J connectivity index is 2.08. The van der Waals surface area contributed by atoms with Crippen molar-refractivity contribution in [3.63, 3.8) is 0 Å². The number of nitrogens with one attached hydrogen (secondary N) is 2. The van der Waals surface area contributed by atoms with Gasteiger partial charge in [-0.1, -0.05) is 11.8 Å². The van der Waals surface area contributed by atoms with Crippen molar-refractivity contribution < 1.29 is 0 Å². The Bertz CT molecular complexity index is 598. The average Bonchev–Trinajstić information content (AvgIpc) is 2.35. The van der Waals surface area contributed by atoms with Gasteiger partial charge < -0.3 is 16.0 Å². The number of nitrogens with two attached hydrogens (primary N) is 1. The van der Waals surface area contributed by atoms with E-state index in [-0.39, 0.29) is 11.4 Å². The van der Waals surface area contributed by atoms with Gasteiger partial charge in [-0.3, -0.25) is 9.78 Å². The fourth-order valence-electron chi connectivity index (χ4n) is 1.38. The van der Waals surface area contributed by atoms with Crippen LogP contribution < -0.4 is 16.6 Å². The van der Waals surface area contributed by atoms with Gasteiger partial charge in [0.2, 0.25) is 0 Å². The van der Waals surface area contributed by atoms with Crippen LogP contribution in [0.3, 0.4) is 0 Å². The normalized spacial score (nSPS) is 10.3. The topological polar surface area (TPSA) is 96.7 Å². The van der Waals surface area contributed by atoms with E-state index in [4.69, 9.17) is 5.73 Å². The van der Waals surface area contributed by atoms with Crippen molar-refractivity contribution in [2.24, 2.45) is 0 Å². The number of pyridine rings is 1. The largest absolute Gasteiger partial charge is 0.388 e. The molecule has 0 saturated carbocycles. The van der Waals surface area contributed by atoms with Crippen LogP contribution in [0.1, 0.15) is 5.69 Å². The van der Waals surface area contributed by atoms with Crippen molar-refractivity contribution in [2.75, 3.05) is 18.1 Å². The molecule has 2 aromatic heterocycles. The molecular weight excluding hydrogens is 250 g/mol. The maximum absolute atomic E-state index is 11.2. The molecule has 0 saturated heterocycles. The molecule has 94 valence electrons. The van der Waals surface area contributed by atoms with Crippen molar-refractivity contribution in [1.82, 2.24) is 15.0 Å². The van der Waals surface area contributed by atoms with E-state index in [9.17, 15) is 4.79 Å². The van der Waals surface area contributed by atoms with Crippen LogP contribution in [-0.2, 0) is 5.75 Å². The minimum atomic E-state index is -0.248. The first-order valence-corrected chi connectivity index (χ1v) is 6.28. The maximum Gasteiger partial charge on any atom is 0.253 e. The molecule has 6 nitrogen and oxygen atoms in total. The van der Waals surface area contributed by atoms with Crippen molar-refractivity contribution in [3.05, 3.63) is 40.4 Å². The molecule has 0 aliphatic carbocycles. The molecule has 0 fully saturated rings. The molecule has 0 bridgehead atoms. The summed E-state index contributed by atoms with van der Waals surface area (Å²) in [7, 11) is 1.85. The Morgan fingerprint density at radius 3 is 3.06 bits per heavy atom. The molecule has 0 aliphatic rings. The van der Waals surface area contributed by atoms with Crippen LogP contribution in [0.5, 0.6) is 0 Å². The van der Waals surface area contributed by atoms with Crippen molar-refractivity contribution in [1.29, 1.82) is 0 Å². The summed E-state index contributed by atoms with van der Waals surface area (Å²) in [5, 5.41) is 3.54. The third-order valence-electron chi connectivity index (χ3n) is 2.20. The third-order valence-corrected chi connectivity index (χ3v) is 3.11. The SMILES string of the molecule is CNc1ccnc(CSc2nc(N)cc(=O)[nH]2)c1. The summed E-state index contributed by atoms with van der Waals surface area (Å²) in [6.45, 7) is 0. The highest BCUT2D eigenvalue weighted by Gasteiger charge is 2.02. The van der Waals surface area contributed by atoms with Crippen LogP contribution in [0.25, 0.3) is 0 Å². The third kappa shape index (κ3) is 3.24. The minimum absolute atomic E-state index is 0.221. The Hall–Kier alpha value is -2.02. The second kappa shape index (κ2) is 5.54. The predicted octanol–water partition coefficient (Wildman–Crippen LogP) is 1.08. The Labute approximate surface area is 108 Å². The highest BCUT2D eigenvalue weighted by atomic mass is 32.2. The summed E-state index contributed by atoms with van der Waals surface area (Å²) in [6.07, 6.45) is 1.73. The molecule has 0 aromatic carbocycles. The first-order chi connectivity index (χ1) is 8.67. The molecule has 2 aromatic rings. The number of H-pyrrole nitrogens is 1. The quantitative estimate of drug-likeness (QED) is 0.564. The highest BCUT2D eigenvalue weighted by Crippen LogP contribution is 2.19. The zero-order chi connectivity index (χ0) is 13.0. The fraction of sp³-hybridized carbons (Fsp3) is 0.182. The standard InChI is InChI=1S/C11H13N5OS/c1-13-7-2-3-14-8(4-7)6-18-11-15-9(12)5-10(17)16-11/h2-5H,6H2,1H3,(H,13,14)(H3,12,15,16,17). The van der Waals surface area contributed by atoms with Gasteiger partial charge in [-0.05, 0) is 12.1 Å². The van der Waals surface area contributed by atoms with Crippen LogP contribution in [0.4, 0.5) is 11.5 Å². The molecule has 0 spiro atoms. The van der Waals surface area contributed by atoms with E-state index >= 15 is 0 Å². The van der Waals surface area contributed by atoms with Crippen LogP contribution >= 0.6 is 11.8 Å². The molecule has 0 unspecified atom stereocenters. The lowest BCUT2D eigenvalue weighted by Gasteiger charge is -2.04. The van der Waals surface area contributed by atoms with Crippen molar-refractivity contribution in [2.45, 2.75) is 10.9 Å². The van der Waals surface area contributed by atoms with Crippen molar-refractivity contribution >= 4 is 23.3 Å². The first-order valence-electron chi connectivity index (χ1n) is 5.29. The maximum atomic E-state index is 11.2. The summed E-state index contributed by atoms with van der Waals surface area (Å²) in [6, 6.07) is 5.08. The average molecular weight is 263 g/mol. The summed E-state index contributed by atoms with van der Waals surface area (Å²) in [5.41, 5.74) is 7.15. The Morgan fingerprint density at radius 1 is 1.50 bits per heavy atom. The van der Waals surface area contributed by atoms with Crippen molar-refractivity contribution in [3.8, 4) is 0 Å². The van der Waals surface area contributed by atoms with Crippen LogP contribution in [0.2, 0.25) is 0 Å². The molecule has 4 N–H and O–H groups in total. The zero-order valence-electron chi connectivity index (χ0n) is 9.80. The molecule has 0 atom stereocenters. The fourth-order valence-corrected chi connectivity index (χ4v) is 2.16. The summed E-state index contributed by atoms with van der Waals surface area (Å²) in [4.78, 5) is 22.1. The lowest BCUT2D eigenvalue weighted by Crippen LogP contribution is -2.09. The first kappa shape index (κ1) is 12.4. The van der Waals surface area contributed by atoms with E-state index in [1.54, 1.807) is 6.20 Å². The van der Waals surface area contributed by atoms with Gasteiger partial charge in [0.1, 0.15) is 5.82 Å². The molecule has 7 heteroatoms. The van der Waals surface area contributed by atoms with E-state index in [2.05, 4.69) is 20.3 Å². The minimum Gasteiger partial charge on any atom is -0.388 e. The highest BCUT2D eigenvalue weighted by molar-refractivity contribution is 7.98. The van der Waals surface area contributed by atoms with Gasteiger partial charge in [0.15, 0.2) is 5.16 Å². The van der Waals surface area contributed by atoms with Crippen LogP contribution in [0, 0.1) is 0 Å². The lowest BCUT2D eigenvalue weighted by atomic mass is 10.3. The Morgan fingerprint density at radius 2 is 2.33 bits per heavy atom. The number of thioether (sulfide) groups is 1. The van der Waals surface area contributed by atoms with Gasteiger partial charge in [-0.2, -0.15) is 0 Å². The molecule has 0 radical (unpaired) electrons. The molecule has 0 amide bonds. The van der Waals surface area contributed by atoms with Gasteiger partial charge >= 0.3 is 0 Å². The summed E-state index contributed by atoms with van der Waals surface area (Å²) in [5.74, 6) is 0.834. The smallest absolute Gasteiger partial charge is 0.253 e. The van der Waals surface area contributed by atoms with E-state index in [1.807, 2.05) is 19.2 Å². The van der Waals surface area contributed by atoms with E-state index in [0.717, 1.165) is 11.4 Å². The van der Waals surface area contributed by atoms with E-state index < -0.39 is 0 Å². The lowest BCUT2D eigenvalue weighted by molar-refractivity contribution is 0.943. The van der Waals surface area contributed by atoms with Gasteiger partial charge in [-0.15, -0.1) is 0 Å². The molecule has 2 rings (SSSR count). The number of nitrogens with zero attached hydrogens (tertiary/aromatic N) is 2. The van der Waals surface area contributed by atoms with E-state index in [1.165, 1.54) is 17.8 Å². The second-order valence-corrected chi connectivity index (χ2v) is 4.51. The second-order valence-electron chi connectivity index (χ2n) is 3.55. The van der Waals surface area contributed by atoms with Gasteiger partial charge in [0.25, 0.3) is 5.56 Å². The number of aromatic amines is 1. The van der Waals surface area contributed by atoms with E-state index in [0.29, 0.717) is 10.9 Å². The number of nitrogen functional groups attached to an aromatic ring is 1. The van der Waals surface area contributed by atoms with Crippen LogP contribution in [0.15, 0.2) is 34.3 Å². The number of hydrogen-bond donors (Lipinski definition) is 3. The molecular formula is C11H13N5OS. The van der Waals surface area contributed by atoms with Gasteiger partial charge in [0.05, 0.1) is 5.69 Å². The Kier molecular flexibility index (Phi) is 3.83. The predicted molar refractivity (Wildman–Crippen MR) is 72.6 cm³/mol. The molecule has 2 heterocycles. The molecule has 18 heavy (non-hydrogen) atoms. The monoisotopic (exact) mass is 263 g/mol. The number of aromatic nitrogens is 3. The van der Waals surface area contributed by atoms with Gasteiger partial charge in [-0.25, -0.2) is 4.98 Å². The van der Waals surface area contributed by atoms with Crippen LogP contribution in [-0.4, -0.2) is 22.0 Å². The number of anilines is 2. The molecule has 0 aliphatic heterocycles. The number of rotatable bonds is 4. The zero-order valence-corrected chi connectivity index (χ0v) is 10.6. The summed E-state index contributed by atoms with van der Waals surface area (Å²) < 4.78 is 0. The number of hydrogen-bond acceptors (Lipinski definition) is 6. The summed E-state index contributed by atoms with van der Waals surface area (Å²) >= 11 is 1.38.